The number of amides is 1. The molecule has 1 rings (SSSR count). The lowest BCUT2D eigenvalue weighted by Gasteiger charge is -2.17. The third kappa shape index (κ3) is 1.78. The summed E-state index contributed by atoms with van der Waals surface area (Å²) >= 11 is 1.43. The Morgan fingerprint density at radius 2 is 2.50 bits per heavy atom. The number of aliphatic hydroxyl groups excluding tert-OH is 1. The Hall–Kier alpha value is -0.550. The van der Waals surface area contributed by atoms with Crippen molar-refractivity contribution in [3.8, 4) is 0 Å². The quantitative estimate of drug-likeness (QED) is 0.626. The van der Waals surface area contributed by atoms with Crippen molar-refractivity contribution < 1.29 is 9.90 Å². The number of rotatable bonds is 1. The molecule has 0 aliphatic carbocycles. The third-order valence-electron chi connectivity index (χ3n) is 1.61. The molecule has 0 radical (unpaired) electrons. The van der Waals surface area contributed by atoms with E-state index in [1.807, 2.05) is 6.26 Å². The molecular formula is C7H12N2O2S. The molecule has 4 nitrogen and oxygen atoms in total. The molecule has 0 spiro atoms. The van der Waals surface area contributed by atoms with Crippen molar-refractivity contribution in [1.29, 1.82) is 0 Å². The second-order valence-corrected chi connectivity index (χ2v) is 3.31. The Labute approximate surface area is 75.7 Å². The molecule has 0 saturated heterocycles. The number of aliphatic hydroxyl groups is 1. The predicted octanol–water partition coefficient (Wildman–Crippen LogP) is -0.0716. The Morgan fingerprint density at radius 1 is 1.83 bits per heavy atom. The molecule has 1 atom stereocenters. The molecule has 1 amide bonds. The van der Waals surface area contributed by atoms with Gasteiger partial charge in [-0.3, -0.25) is 14.7 Å². The van der Waals surface area contributed by atoms with Crippen molar-refractivity contribution in [3.05, 3.63) is 0 Å². The average molecular weight is 188 g/mol. The fourth-order valence-corrected chi connectivity index (χ4v) is 1.65. The van der Waals surface area contributed by atoms with Gasteiger partial charge in [0.15, 0.2) is 5.17 Å². The summed E-state index contributed by atoms with van der Waals surface area (Å²) in [5.74, 6) is -0.263. The zero-order valence-corrected chi connectivity index (χ0v) is 7.97. The van der Waals surface area contributed by atoms with Gasteiger partial charge in [0.1, 0.15) is 6.10 Å². The zero-order valence-electron chi connectivity index (χ0n) is 7.15. The molecule has 1 heterocycles. The van der Waals surface area contributed by atoms with Crippen molar-refractivity contribution in [2.24, 2.45) is 4.99 Å². The highest BCUT2D eigenvalue weighted by Crippen LogP contribution is 2.12. The predicted molar refractivity (Wildman–Crippen MR) is 49.2 cm³/mol. The summed E-state index contributed by atoms with van der Waals surface area (Å²) in [4.78, 5) is 16.9. The molecule has 68 valence electrons. The van der Waals surface area contributed by atoms with Crippen LogP contribution in [0.2, 0.25) is 0 Å². The molecule has 0 aromatic heterocycles. The maximum absolute atomic E-state index is 11.3. The van der Waals surface area contributed by atoms with Crippen LogP contribution in [0.25, 0.3) is 0 Å². The summed E-state index contributed by atoms with van der Waals surface area (Å²) in [7, 11) is 0. The van der Waals surface area contributed by atoms with Crippen LogP contribution in [0.5, 0.6) is 0 Å². The monoisotopic (exact) mass is 188 g/mol. The van der Waals surface area contributed by atoms with Crippen LogP contribution in [0.15, 0.2) is 4.99 Å². The summed E-state index contributed by atoms with van der Waals surface area (Å²) in [6.45, 7) is 2.72. The van der Waals surface area contributed by atoms with Gasteiger partial charge in [0.05, 0.1) is 6.54 Å². The van der Waals surface area contributed by atoms with Gasteiger partial charge >= 0.3 is 0 Å². The van der Waals surface area contributed by atoms with Crippen molar-refractivity contribution in [2.75, 3.05) is 19.3 Å². The third-order valence-corrected chi connectivity index (χ3v) is 2.32. The molecule has 5 heteroatoms. The van der Waals surface area contributed by atoms with E-state index < -0.39 is 6.10 Å². The van der Waals surface area contributed by atoms with Gasteiger partial charge in [0.25, 0.3) is 5.91 Å². The van der Waals surface area contributed by atoms with Gasteiger partial charge in [0.2, 0.25) is 0 Å². The number of hydrogen-bond donors (Lipinski definition) is 1. The summed E-state index contributed by atoms with van der Waals surface area (Å²) in [5, 5.41) is 9.75. The Kier molecular flexibility index (Phi) is 3.11. The minimum Gasteiger partial charge on any atom is -0.384 e. The number of nitrogens with zero attached hydrogens (tertiary/aromatic N) is 2. The van der Waals surface area contributed by atoms with Crippen LogP contribution in [0, 0.1) is 0 Å². The Bertz CT molecular complexity index is 215. The van der Waals surface area contributed by atoms with E-state index in [1.54, 1.807) is 0 Å². The fourth-order valence-electron chi connectivity index (χ4n) is 1.03. The second-order valence-electron chi connectivity index (χ2n) is 2.53. The molecule has 1 aliphatic heterocycles. The highest BCUT2D eigenvalue weighted by atomic mass is 32.2. The molecule has 1 aliphatic rings. The first kappa shape index (κ1) is 9.54. The lowest BCUT2D eigenvalue weighted by molar-refractivity contribution is -0.134. The lowest BCUT2D eigenvalue weighted by Crippen LogP contribution is -2.38. The van der Waals surface area contributed by atoms with E-state index >= 15 is 0 Å². The average Bonchev–Trinajstić information content (AvgIpc) is 2.49. The van der Waals surface area contributed by atoms with E-state index in [0.29, 0.717) is 18.3 Å². The van der Waals surface area contributed by atoms with Gasteiger partial charge in [-0.2, -0.15) is 0 Å². The van der Waals surface area contributed by atoms with Gasteiger partial charge in [-0.1, -0.05) is 11.8 Å². The second kappa shape index (κ2) is 3.91. The first-order valence-electron chi connectivity index (χ1n) is 3.74. The van der Waals surface area contributed by atoms with Crippen molar-refractivity contribution in [3.63, 3.8) is 0 Å². The van der Waals surface area contributed by atoms with Crippen LogP contribution in [0.4, 0.5) is 0 Å². The van der Waals surface area contributed by atoms with E-state index in [9.17, 15) is 4.79 Å². The standard InChI is InChI=1S/C7H12N2O2S/c1-5(10)6(11)9-4-3-8-7(9)12-2/h5,10H,3-4H2,1-2H3/t5-/m1/s1. The minimum absolute atomic E-state index is 0.263. The SMILES string of the molecule is CSC1=NCCN1C(=O)[C@@H](C)O. The highest BCUT2D eigenvalue weighted by Gasteiger charge is 2.25. The maximum atomic E-state index is 11.3. The molecule has 0 saturated carbocycles. The van der Waals surface area contributed by atoms with E-state index in [-0.39, 0.29) is 5.91 Å². The van der Waals surface area contributed by atoms with Crippen LogP contribution in [0.1, 0.15) is 6.92 Å². The Balaban J connectivity index is 2.64. The fraction of sp³-hybridized carbons (Fsp3) is 0.714. The van der Waals surface area contributed by atoms with Crippen LogP contribution in [-0.4, -0.2) is 46.5 Å². The first-order chi connectivity index (χ1) is 5.66. The molecule has 0 fully saturated rings. The largest absolute Gasteiger partial charge is 0.384 e. The van der Waals surface area contributed by atoms with Crippen LogP contribution in [0.3, 0.4) is 0 Å². The number of carbonyl (C=O) groups is 1. The lowest BCUT2D eigenvalue weighted by atomic mass is 10.3. The summed E-state index contributed by atoms with van der Waals surface area (Å²) < 4.78 is 0. The number of amidine groups is 1. The molecule has 0 bridgehead atoms. The highest BCUT2D eigenvalue weighted by molar-refractivity contribution is 8.13. The van der Waals surface area contributed by atoms with E-state index in [4.69, 9.17) is 5.11 Å². The van der Waals surface area contributed by atoms with Crippen LogP contribution >= 0.6 is 11.8 Å². The maximum Gasteiger partial charge on any atom is 0.257 e. The smallest absolute Gasteiger partial charge is 0.257 e. The molecular weight excluding hydrogens is 176 g/mol. The van der Waals surface area contributed by atoms with Crippen LogP contribution in [-0.2, 0) is 4.79 Å². The summed E-state index contributed by atoms with van der Waals surface area (Å²) in [6.07, 6.45) is 0.937. The van der Waals surface area contributed by atoms with Gasteiger partial charge in [0, 0.05) is 6.54 Å². The van der Waals surface area contributed by atoms with Crippen molar-refractivity contribution in [2.45, 2.75) is 13.0 Å². The number of aliphatic imine (C=N–C) groups is 1. The number of carbonyl (C=O) groups excluding carboxylic acids is 1. The van der Waals surface area contributed by atoms with Crippen LogP contribution < -0.4 is 0 Å². The molecule has 12 heavy (non-hydrogen) atoms. The van der Waals surface area contributed by atoms with E-state index in [1.165, 1.54) is 23.6 Å². The summed E-state index contributed by atoms with van der Waals surface area (Å²) in [6, 6.07) is 0. The zero-order chi connectivity index (χ0) is 9.14. The van der Waals surface area contributed by atoms with Gasteiger partial charge in [-0.25, -0.2) is 0 Å². The Morgan fingerprint density at radius 3 is 3.00 bits per heavy atom. The van der Waals surface area contributed by atoms with Gasteiger partial charge in [-0.05, 0) is 13.2 Å². The normalized spacial score (nSPS) is 19.2. The summed E-state index contributed by atoms with van der Waals surface area (Å²) in [5.41, 5.74) is 0. The van der Waals surface area contributed by atoms with E-state index in [0.717, 1.165) is 0 Å². The topological polar surface area (TPSA) is 52.9 Å². The molecule has 1 N–H and O–H groups in total. The van der Waals surface area contributed by atoms with Crippen molar-refractivity contribution >= 4 is 22.8 Å². The van der Waals surface area contributed by atoms with Crippen molar-refractivity contribution in [1.82, 2.24) is 4.90 Å². The molecule has 0 unspecified atom stereocenters. The molecule has 0 aromatic rings. The number of thioether (sulfide) groups is 1. The minimum atomic E-state index is -0.930. The van der Waals surface area contributed by atoms with Gasteiger partial charge in [-0.15, -0.1) is 0 Å². The van der Waals surface area contributed by atoms with E-state index in [2.05, 4.69) is 4.99 Å². The number of hydrogen-bond acceptors (Lipinski definition) is 4. The first-order valence-corrected chi connectivity index (χ1v) is 4.97. The molecule has 0 aromatic carbocycles. The van der Waals surface area contributed by atoms with Gasteiger partial charge < -0.3 is 5.11 Å².